The summed E-state index contributed by atoms with van der Waals surface area (Å²) in [5, 5.41) is 3.30. The minimum Gasteiger partial charge on any atom is -0.468 e. The fourth-order valence-electron chi connectivity index (χ4n) is 2.60. The molecule has 1 N–H and O–H groups in total. The molecular formula is C12H13NO2. The van der Waals surface area contributed by atoms with E-state index >= 15 is 0 Å². The first-order valence-electron chi connectivity index (χ1n) is 5.19. The molecule has 1 aliphatic heterocycles. The lowest BCUT2D eigenvalue weighted by Crippen LogP contribution is -2.43. The summed E-state index contributed by atoms with van der Waals surface area (Å²) in [6, 6.07) is 8.30. The van der Waals surface area contributed by atoms with Crippen LogP contribution in [0.15, 0.2) is 24.3 Å². The van der Waals surface area contributed by atoms with Crippen molar-refractivity contribution in [2.45, 2.75) is 24.4 Å². The van der Waals surface area contributed by atoms with Crippen LogP contribution in [-0.2, 0) is 16.1 Å². The number of fused-ring (bicyclic) bond motifs is 3. The van der Waals surface area contributed by atoms with Crippen LogP contribution in [0.2, 0.25) is 0 Å². The number of methoxy groups -OCH3 is 1. The van der Waals surface area contributed by atoms with E-state index in [1.165, 1.54) is 18.2 Å². The van der Waals surface area contributed by atoms with E-state index in [0.717, 1.165) is 13.0 Å². The molecule has 0 radical (unpaired) electrons. The van der Waals surface area contributed by atoms with E-state index < -0.39 is 5.54 Å². The molecule has 2 atom stereocenters. The molecule has 0 aromatic heterocycles. The number of nitrogens with one attached hydrogen (secondary N) is 1. The zero-order valence-corrected chi connectivity index (χ0v) is 8.62. The smallest absolute Gasteiger partial charge is 0.326 e. The van der Waals surface area contributed by atoms with Gasteiger partial charge in [0.05, 0.1) is 7.11 Å². The summed E-state index contributed by atoms with van der Waals surface area (Å²) in [7, 11) is 1.45. The quantitative estimate of drug-likeness (QED) is 0.697. The van der Waals surface area contributed by atoms with Crippen LogP contribution < -0.4 is 5.32 Å². The molecule has 1 aromatic carbocycles. The monoisotopic (exact) mass is 203 g/mol. The Morgan fingerprint density at radius 2 is 2.33 bits per heavy atom. The van der Waals surface area contributed by atoms with E-state index in [2.05, 4.69) is 17.4 Å². The molecule has 2 unspecified atom stereocenters. The van der Waals surface area contributed by atoms with Crippen molar-refractivity contribution >= 4 is 5.97 Å². The van der Waals surface area contributed by atoms with Crippen molar-refractivity contribution in [2.24, 2.45) is 0 Å². The molecule has 3 heteroatoms. The highest BCUT2D eigenvalue weighted by atomic mass is 16.5. The molecule has 78 valence electrons. The van der Waals surface area contributed by atoms with E-state index in [1.54, 1.807) is 0 Å². The van der Waals surface area contributed by atoms with Crippen molar-refractivity contribution in [1.82, 2.24) is 5.32 Å². The first-order valence-corrected chi connectivity index (χ1v) is 5.19. The Balaban J connectivity index is 1.98. The third-order valence-electron chi connectivity index (χ3n) is 3.54. The Morgan fingerprint density at radius 3 is 3.13 bits per heavy atom. The number of esters is 1. The average molecular weight is 203 g/mol. The summed E-state index contributed by atoms with van der Waals surface area (Å²) in [5.74, 6) is 0.192. The van der Waals surface area contributed by atoms with Crippen LogP contribution in [0.25, 0.3) is 0 Å². The van der Waals surface area contributed by atoms with Crippen molar-refractivity contribution in [3.63, 3.8) is 0 Å². The molecule has 0 bridgehead atoms. The van der Waals surface area contributed by atoms with Crippen LogP contribution in [0.4, 0.5) is 0 Å². The van der Waals surface area contributed by atoms with E-state index in [9.17, 15) is 4.79 Å². The van der Waals surface area contributed by atoms with Gasteiger partial charge >= 0.3 is 5.97 Å². The van der Waals surface area contributed by atoms with Gasteiger partial charge < -0.3 is 4.74 Å². The molecule has 1 aliphatic carbocycles. The number of rotatable bonds is 1. The Bertz CT molecular complexity index is 429. The van der Waals surface area contributed by atoms with Gasteiger partial charge in [0, 0.05) is 12.5 Å². The van der Waals surface area contributed by atoms with Crippen LogP contribution in [-0.4, -0.2) is 18.6 Å². The van der Waals surface area contributed by atoms with E-state index in [0.29, 0.717) is 5.92 Å². The zero-order chi connectivity index (χ0) is 10.5. The van der Waals surface area contributed by atoms with E-state index in [1.807, 2.05) is 12.1 Å². The topological polar surface area (TPSA) is 38.3 Å². The highest BCUT2D eigenvalue weighted by Gasteiger charge is 2.63. The predicted octanol–water partition coefficient (Wildman–Crippen LogP) is 1.19. The van der Waals surface area contributed by atoms with Crippen molar-refractivity contribution in [3.8, 4) is 0 Å². The Morgan fingerprint density at radius 1 is 1.53 bits per heavy atom. The minimum atomic E-state index is -0.414. The fourth-order valence-corrected chi connectivity index (χ4v) is 2.60. The SMILES string of the molecule is COC(=O)C12CC1c1ccccc1CN2. The maximum atomic E-state index is 11.7. The maximum absolute atomic E-state index is 11.7. The summed E-state index contributed by atoms with van der Waals surface area (Å²) in [5.41, 5.74) is 2.20. The van der Waals surface area contributed by atoms with Crippen LogP contribution in [0.1, 0.15) is 23.5 Å². The van der Waals surface area contributed by atoms with Gasteiger partial charge in [0.15, 0.2) is 0 Å². The summed E-state index contributed by atoms with van der Waals surface area (Å²) in [6.07, 6.45) is 0.872. The lowest BCUT2D eigenvalue weighted by molar-refractivity contribution is -0.144. The third-order valence-corrected chi connectivity index (χ3v) is 3.54. The number of carbonyl (C=O) groups excluding carboxylic acids is 1. The molecule has 0 spiro atoms. The first-order chi connectivity index (χ1) is 7.28. The Labute approximate surface area is 88.4 Å². The van der Waals surface area contributed by atoms with Gasteiger partial charge in [0.2, 0.25) is 0 Å². The standard InChI is InChI=1S/C12H13NO2/c1-15-11(14)12-6-10(12)9-5-3-2-4-8(9)7-13-12/h2-5,10,13H,6-7H2,1H3. The van der Waals surface area contributed by atoms with Crippen molar-refractivity contribution in [2.75, 3.05) is 7.11 Å². The zero-order valence-electron chi connectivity index (χ0n) is 8.62. The normalized spacial score (nSPS) is 31.4. The van der Waals surface area contributed by atoms with Crippen molar-refractivity contribution in [3.05, 3.63) is 35.4 Å². The van der Waals surface area contributed by atoms with Gasteiger partial charge in [0.1, 0.15) is 5.54 Å². The van der Waals surface area contributed by atoms with Gasteiger partial charge in [-0.3, -0.25) is 10.1 Å². The second-order valence-electron chi connectivity index (χ2n) is 4.27. The van der Waals surface area contributed by atoms with Gasteiger partial charge in [0.25, 0.3) is 0 Å². The number of ether oxygens (including phenoxy) is 1. The molecule has 3 nitrogen and oxygen atoms in total. The molecule has 15 heavy (non-hydrogen) atoms. The van der Waals surface area contributed by atoms with E-state index in [-0.39, 0.29) is 5.97 Å². The summed E-state index contributed by atoms with van der Waals surface area (Å²) in [4.78, 5) is 11.7. The summed E-state index contributed by atoms with van der Waals surface area (Å²) < 4.78 is 4.85. The number of hydrogen-bond acceptors (Lipinski definition) is 3. The van der Waals surface area contributed by atoms with Gasteiger partial charge in [-0.05, 0) is 17.5 Å². The second kappa shape index (κ2) is 2.83. The number of carbonyl (C=O) groups is 1. The minimum absolute atomic E-state index is 0.123. The van der Waals surface area contributed by atoms with Crippen LogP contribution in [0, 0.1) is 0 Å². The number of benzene rings is 1. The van der Waals surface area contributed by atoms with Crippen LogP contribution in [0.3, 0.4) is 0 Å². The predicted molar refractivity (Wildman–Crippen MR) is 55.4 cm³/mol. The van der Waals surface area contributed by atoms with Gasteiger partial charge in [-0.2, -0.15) is 0 Å². The fraction of sp³-hybridized carbons (Fsp3) is 0.417. The lowest BCUT2D eigenvalue weighted by atomic mass is 9.96. The molecule has 2 aliphatic rings. The highest BCUT2D eigenvalue weighted by Crippen LogP contribution is 2.55. The summed E-state index contributed by atoms with van der Waals surface area (Å²) in [6.45, 7) is 0.766. The highest BCUT2D eigenvalue weighted by molar-refractivity contribution is 5.87. The van der Waals surface area contributed by atoms with Gasteiger partial charge in [-0.15, -0.1) is 0 Å². The molecule has 0 amide bonds. The Kier molecular flexibility index (Phi) is 1.68. The molecule has 0 saturated heterocycles. The second-order valence-corrected chi connectivity index (χ2v) is 4.27. The van der Waals surface area contributed by atoms with Crippen molar-refractivity contribution in [1.29, 1.82) is 0 Å². The lowest BCUT2D eigenvalue weighted by Gasteiger charge is -2.23. The van der Waals surface area contributed by atoms with Crippen LogP contribution in [0.5, 0.6) is 0 Å². The largest absolute Gasteiger partial charge is 0.468 e. The molecule has 3 rings (SSSR count). The average Bonchev–Trinajstić information content (AvgIpc) is 3.04. The van der Waals surface area contributed by atoms with Crippen molar-refractivity contribution < 1.29 is 9.53 Å². The van der Waals surface area contributed by atoms with E-state index in [4.69, 9.17) is 4.74 Å². The Hall–Kier alpha value is -1.35. The molecular weight excluding hydrogens is 190 g/mol. The third kappa shape index (κ3) is 1.07. The number of hydrogen-bond donors (Lipinski definition) is 1. The molecule has 1 aromatic rings. The maximum Gasteiger partial charge on any atom is 0.326 e. The molecule has 1 saturated carbocycles. The van der Waals surface area contributed by atoms with Gasteiger partial charge in [-0.1, -0.05) is 24.3 Å². The van der Waals surface area contributed by atoms with Crippen LogP contribution >= 0.6 is 0 Å². The first kappa shape index (κ1) is 8.92. The molecule has 1 heterocycles. The summed E-state index contributed by atoms with van der Waals surface area (Å²) >= 11 is 0. The van der Waals surface area contributed by atoms with Gasteiger partial charge in [-0.25, -0.2) is 0 Å². The molecule has 1 fully saturated rings.